The largest absolute Gasteiger partial charge is 0.372 e. The highest BCUT2D eigenvalue weighted by Gasteiger charge is 2.27. The van der Waals surface area contributed by atoms with E-state index in [1.165, 1.54) is 0 Å². The van der Waals surface area contributed by atoms with Crippen LogP contribution in [0.5, 0.6) is 0 Å². The minimum absolute atomic E-state index is 0.0151. The van der Waals surface area contributed by atoms with Gasteiger partial charge in [-0.25, -0.2) is 0 Å². The van der Waals surface area contributed by atoms with Crippen molar-refractivity contribution in [1.82, 2.24) is 5.32 Å². The van der Waals surface area contributed by atoms with Crippen molar-refractivity contribution in [1.29, 1.82) is 0 Å². The molecule has 21 heavy (non-hydrogen) atoms. The van der Waals surface area contributed by atoms with Crippen molar-refractivity contribution in [2.75, 3.05) is 13.7 Å². The number of carbonyl (C=O) groups excluding carboxylic acids is 1. The van der Waals surface area contributed by atoms with Crippen molar-refractivity contribution in [2.24, 2.45) is 0 Å². The van der Waals surface area contributed by atoms with E-state index in [0.717, 1.165) is 11.1 Å². The van der Waals surface area contributed by atoms with Crippen molar-refractivity contribution < 1.29 is 9.53 Å². The zero-order chi connectivity index (χ0) is 15.3. The Bertz CT molecular complexity index is 600. The summed E-state index contributed by atoms with van der Waals surface area (Å²) in [5.74, 6) is -0.0151. The van der Waals surface area contributed by atoms with Crippen LogP contribution in [0.15, 0.2) is 41.1 Å². The van der Waals surface area contributed by atoms with Crippen molar-refractivity contribution in [3.63, 3.8) is 0 Å². The molecule has 5 heteroatoms. The third-order valence-corrected chi connectivity index (χ3v) is 4.42. The molecule has 1 heterocycles. The minimum Gasteiger partial charge on any atom is -0.372 e. The van der Waals surface area contributed by atoms with E-state index in [1.807, 2.05) is 48.0 Å². The summed E-state index contributed by atoms with van der Waals surface area (Å²) in [5.41, 5.74) is 1.36. The summed E-state index contributed by atoms with van der Waals surface area (Å²) in [6.45, 7) is 2.33. The van der Waals surface area contributed by atoms with Crippen LogP contribution in [0.3, 0.4) is 0 Å². The lowest BCUT2D eigenvalue weighted by molar-refractivity contribution is -0.122. The topological polar surface area (TPSA) is 38.3 Å². The van der Waals surface area contributed by atoms with Gasteiger partial charge in [0.15, 0.2) is 0 Å². The fourth-order valence-electron chi connectivity index (χ4n) is 2.02. The minimum atomic E-state index is -0.602. The van der Waals surface area contributed by atoms with E-state index >= 15 is 0 Å². The molecule has 0 spiro atoms. The molecular formula is C16H18ClNO2S. The molecule has 1 amide bonds. The van der Waals surface area contributed by atoms with Gasteiger partial charge in [0.05, 0.1) is 13.0 Å². The van der Waals surface area contributed by atoms with Crippen LogP contribution in [-0.2, 0) is 21.6 Å². The Kier molecular flexibility index (Phi) is 5.39. The molecule has 0 aliphatic carbocycles. The number of amides is 1. The number of hydrogen-bond donors (Lipinski definition) is 1. The lowest BCUT2D eigenvalue weighted by Gasteiger charge is -2.29. The van der Waals surface area contributed by atoms with Gasteiger partial charge in [0.2, 0.25) is 5.91 Å². The second-order valence-electron chi connectivity index (χ2n) is 5.03. The highest BCUT2D eigenvalue weighted by atomic mass is 35.5. The van der Waals surface area contributed by atoms with E-state index < -0.39 is 5.60 Å². The summed E-state index contributed by atoms with van der Waals surface area (Å²) >= 11 is 7.61. The Balaban J connectivity index is 2.00. The molecule has 112 valence electrons. The molecule has 1 aromatic carbocycles. The van der Waals surface area contributed by atoms with E-state index in [0.29, 0.717) is 18.0 Å². The molecule has 0 fully saturated rings. The summed E-state index contributed by atoms with van der Waals surface area (Å²) in [6.07, 6.45) is 0.388. The van der Waals surface area contributed by atoms with Crippen molar-refractivity contribution in [3.05, 3.63) is 57.2 Å². The maximum atomic E-state index is 12.0. The van der Waals surface area contributed by atoms with Crippen LogP contribution in [-0.4, -0.2) is 19.6 Å². The molecule has 2 rings (SSSR count). The monoisotopic (exact) mass is 323 g/mol. The summed E-state index contributed by atoms with van der Waals surface area (Å²) in [7, 11) is 1.63. The van der Waals surface area contributed by atoms with Crippen LogP contribution >= 0.6 is 22.9 Å². The molecule has 0 radical (unpaired) electrons. The van der Waals surface area contributed by atoms with E-state index in [-0.39, 0.29) is 5.91 Å². The van der Waals surface area contributed by atoms with Crippen LogP contribution in [0.2, 0.25) is 5.02 Å². The molecule has 1 aromatic heterocycles. The van der Waals surface area contributed by atoms with Gasteiger partial charge < -0.3 is 10.1 Å². The number of halogens is 1. The molecule has 1 atom stereocenters. The molecular weight excluding hydrogens is 306 g/mol. The van der Waals surface area contributed by atoms with Crippen LogP contribution in [0.1, 0.15) is 18.1 Å². The summed E-state index contributed by atoms with van der Waals surface area (Å²) in [6, 6.07) is 9.45. The first-order valence-electron chi connectivity index (χ1n) is 6.62. The van der Waals surface area contributed by atoms with Gasteiger partial charge in [0.1, 0.15) is 5.60 Å². The standard InChI is InChI=1S/C16H18ClNO2S/c1-16(20-2,13-4-3-5-14(17)9-13)11-18-15(19)8-12-6-7-21-10-12/h3-7,9-10H,8,11H2,1-2H3,(H,18,19)/t16-/m1/s1. The van der Waals surface area contributed by atoms with Crippen LogP contribution in [0.4, 0.5) is 0 Å². The normalized spacial score (nSPS) is 13.7. The van der Waals surface area contributed by atoms with E-state index in [2.05, 4.69) is 5.32 Å². The highest BCUT2D eigenvalue weighted by molar-refractivity contribution is 7.08. The molecule has 1 N–H and O–H groups in total. The smallest absolute Gasteiger partial charge is 0.224 e. The van der Waals surface area contributed by atoms with Crippen molar-refractivity contribution in [2.45, 2.75) is 18.9 Å². The number of ether oxygens (including phenoxy) is 1. The van der Waals surface area contributed by atoms with Crippen LogP contribution < -0.4 is 5.32 Å². The summed E-state index contributed by atoms with van der Waals surface area (Å²) < 4.78 is 5.59. The number of nitrogens with one attached hydrogen (secondary N) is 1. The third-order valence-electron chi connectivity index (χ3n) is 3.45. The number of thiophene rings is 1. The van der Waals surface area contributed by atoms with Gasteiger partial charge in [0, 0.05) is 12.1 Å². The lowest BCUT2D eigenvalue weighted by atomic mass is 9.95. The summed E-state index contributed by atoms with van der Waals surface area (Å²) in [5, 5.41) is 7.53. The van der Waals surface area contributed by atoms with Gasteiger partial charge in [-0.1, -0.05) is 23.7 Å². The predicted molar refractivity (Wildman–Crippen MR) is 86.8 cm³/mol. The first-order valence-corrected chi connectivity index (χ1v) is 7.94. The maximum absolute atomic E-state index is 12.0. The molecule has 0 saturated carbocycles. The Morgan fingerprint density at radius 1 is 1.43 bits per heavy atom. The van der Waals surface area contributed by atoms with Gasteiger partial charge in [-0.3, -0.25) is 4.79 Å². The predicted octanol–water partition coefficient (Wildman–Crippen LogP) is 3.62. The number of rotatable bonds is 6. The third kappa shape index (κ3) is 4.30. The van der Waals surface area contributed by atoms with Gasteiger partial charge in [0.25, 0.3) is 0 Å². The van der Waals surface area contributed by atoms with Crippen LogP contribution in [0, 0.1) is 0 Å². The van der Waals surface area contributed by atoms with E-state index in [4.69, 9.17) is 16.3 Å². The molecule has 0 unspecified atom stereocenters. The number of benzene rings is 1. The Hall–Kier alpha value is -1.36. The fraction of sp³-hybridized carbons (Fsp3) is 0.312. The van der Waals surface area contributed by atoms with Gasteiger partial charge in [-0.2, -0.15) is 11.3 Å². The maximum Gasteiger partial charge on any atom is 0.224 e. The van der Waals surface area contributed by atoms with Gasteiger partial charge >= 0.3 is 0 Å². The molecule has 0 bridgehead atoms. The molecule has 0 aliphatic heterocycles. The zero-order valence-corrected chi connectivity index (χ0v) is 13.6. The molecule has 2 aromatic rings. The van der Waals surface area contributed by atoms with Gasteiger partial charge in [-0.15, -0.1) is 0 Å². The molecule has 0 aliphatic rings. The van der Waals surface area contributed by atoms with E-state index in [1.54, 1.807) is 18.4 Å². The quantitative estimate of drug-likeness (QED) is 0.881. The first-order chi connectivity index (χ1) is 10.0. The van der Waals surface area contributed by atoms with Crippen molar-refractivity contribution in [3.8, 4) is 0 Å². The Labute approximate surface area is 133 Å². The molecule has 3 nitrogen and oxygen atoms in total. The Morgan fingerprint density at radius 3 is 2.86 bits per heavy atom. The number of carbonyl (C=O) groups is 1. The average Bonchev–Trinajstić information content (AvgIpc) is 2.97. The van der Waals surface area contributed by atoms with Gasteiger partial charge in [-0.05, 0) is 47.0 Å². The second-order valence-corrected chi connectivity index (χ2v) is 6.25. The number of hydrogen-bond acceptors (Lipinski definition) is 3. The average molecular weight is 324 g/mol. The zero-order valence-electron chi connectivity index (χ0n) is 12.1. The number of methoxy groups -OCH3 is 1. The summed E-state index contributed by atoms with van der Waals surface area (Å²) in [4.78, 5) is 12.0. The molecule has 0 saturated heterocycles. The SMILES string of the molecule is CO[C@](C)(CNC(=O)Cc1ccsc1)c1cccc(Cl)c1. The lowest BCUT2D eigenvalue weighted by Crippen LogP contribution is -2.40. The van der Waals surface area contributed by atoms with E-state index in [9.17, 15) is 4.79 Å². The highest BCUT2D eigenvalue weighted by Crippen LogP contribution is 2.26. The fourth-order valence-corrected chi connectivity index (χ4v) is 2.88. The second kappa shape index (κ2) is 7.07. The Morgan fingerprint density at radius 2 is 2.24 bits per heavy atom. The van der Waals surface area contributed by atoms with Crippen molar-refractivity contribution >= 4 is 28.8 Å². The van der Waals surface area contributed by atoms with Crippen LogP contribution in [0.25, 0.3) is 0 Å². The first kappa shape index (κ1) is 16.0.